The highest BCUT2D eigenvalue weighted by Gasteiger charge is 2.09. The van der Waals surface area contributed by atoms with Crippen LogP contribution in [0.3, 0.4) is 0 Å². The molecule has 25 heavy (non-hydrogen) atoms. The standard InChI is InChI=1S/C18H22FN3O3/c1-4-25-18(24)6-5-9-20-16-8-7-14(11-15(16)19)22-13(3)21-12(2)10-17(22)23/h7-8,10-11,20H,4-6,9H2,1-3H3. The number of nitrogens with one attached hydrogen (secondary N) is 1. The third-order valence-electron chi connectivity index (χ3n) is 3.60. The minimum Gasteiger partial charge on any atom is -0.466 e. The van der Waals surface area contributed by atoms with Crippen molar-refractivity contribution in [3.63, 3.8) is 0 Å². The molecule has 1 heterocycles. The highest BCUT2D eigenvalue weighted by Crippen LogP contribution is 2.18. The van der Waals surface area contributed by atoms with Crippen molar-refractivity contribution in [2.45, 2.75) is 33.6 Å². The average molecular weight is 347 g/mol. The Labute approximate surface area is 145 Å². The summed E-state index contributed by atoms with van der Waals surface area (Å²) in [6, 6.07) is 5.93. The van der Waals surface area contributed by atoms with E-state index in [1.807, 2.05) is 0 Å². The zero-order chi connectivity index (χ0) is 18.4. The van der Waals surface area contributed by atoms with Crippen molar-refractivity contribution in [2.75, 3.05) is 18.5 Å². The molecule has 2 aromatic rings. The van der Waals surface area contributed by atoms with E-state index in [2.05, 4.69) is 10.3 Å². The van der Waals surface area contributed by atoms with E-state index in [-0.39, 0.29) is 17.9 Å². The highest BCUT2D eigenvalue weighted by molar-refractivity contribution is 5.69. The highest BCUT2D eigenvalue weighted by atomic mass is 19.1. The van der Waals surface area contributed by atoms with Crippen LogP contribution in [0.2, 0.25) is 0 Å². The fourth-order valence-electron chi connectivity index (χ4n) is 2.53. The fourth-order valence-corrected chi connectivity index (χ4v) is 2.53. The first kappa shape index (κ1) is 18.6. The number of hydrogen-bond acceptors (Lipinski definition) is 5. The summed E-state index contributed by atoms with van der Waals surface area (Å²) < 4.78 is 20.5. The molecule has 1 aromatic heterocycles. The molecule has 2 rings (SSSR count). The Kier molecular flexibility index (Phi) is 6.27. The molecule has 0 aliphatic heterocycles. The maximum atomic E-state index is 14.3. The second-order valence-corrected chi connectivity index (χ2v) is 5.62. The SMILES string of the molecule is CCOC(=O)CCCNc1ccc(-n2c(C)nc(C)cc2=O)cc1F. The van der Waals surface area contributed by atoms with Gasteiger partial charge in [-0.25, -0.2) is 9.37 Å². The third-order valence-corrected chi connectivity index (χ3v) is 3.60. The van der Waals surface area contributed by atoms with Crippen LogP contribution < -0.4 is 10.9 Å². The zero-order valence-electron chi connectivity index (χ0n) is 14.6. The zero-order valence-corrected chi connectivity index (χ0v) is 14.6. The topological polar surface area (TPSA) is 73.2 Å². The van der Waals surface area contributed by atoms with Crippen LogP contribution in [0, 0.1) is 19.7 Å². The summed E-state index contributed by atoms with van der Waals surface area (Å²) in [5.41, 5.74) is 1.11. The minimum atomic E-state index is -0.472. The summed E-state index contributed by atoms with van der Waals surface area (Å²) in [6.07, 6.45) is 0.824. The predicted molar refractivity (Wildman–Crippen MR) is 93.6 cm³/mol. The van der Waals surface area contributed by atoms with Crippen molar-refractivity contribution >= 4 is 11.7 Å². The van der Waals surface area contributed by atoms with Gasteiger partial charge in [0.05, 0.1) is 18.0 Å². The molecular weight excluding hydrogens is 325 g/mol. The molecule has 0 amide bonds. The van der Waals surface area contributed by atoms with E-state index in [4.69, 9.17) is 4.74 Å². The van der Waals surface area contributed by atoms with Gasteiger partial charge >= 0.3 is 5.97 Å². The summed E-state index contributed by atoms with van der Waals surface area (Å²) in [5, 5.41) is 2.94. The van der Waals surface area contributed by atoms with Gasteiger partial charge in [-0.3, -0.25) is 14.2 Å². The summed E-state index contributed by atoms with van der Waals surface area (Å²) in [6.45, 7) is 6.00. The average Bonchev–Trinajstić information content (AvgIpc) is 2.52. The van der Waals surface area contributed by atoms with Crippen LogP contribution >= 0.6 is 0 Å². The number of esters is 1. The monoisotopic (exact) mass is 347 g/mol. The maximum Gasteiger partial charge on any atom is 0.305 e. The Hall–Kier alpha value is -2.70. The van der Waals surface area contributed by atoms with Crippen LogP contribution in [-0.4, -0.2) is 28.7 Å². The number of hydrogen-bond donors (Lipinski definition) is 1. The van der Waals surface area contributed by atoms with E-state index in [0.29, 0.717) is 42.5 Å². The molecule has 0 aliphatic carbocycles. The molecule has 7 heteroatoms. The number of ether oxygens (including phenoxy) is 1. The van der Waals surface area contributed by atoms with E-state index in [1.54, 1.807) is 32.9 Å². The third kappa shape index (κ3) is 4.89. The lowest BCUT2D eigenvalue weighted by atomic mass is 10.2. The molecule has 0 bridgehead atoms. The van der Waals surface area contributed by atoms with Gasteiger partial charge in [0.25, 0.3) is 5.56 Å². The predicted octanol–water partition coefficient (Wildman–Crippen LogP) is 2.74. The molecule has 6 nitrogen and oxygen atoms in total. The summed E-state index contributed by atoms with van der Waals surface area (Å²) in [5.74, 6) is -0.234. The van der Waals surface area contributed by atoms with Gasteiger partial charge in [0.2, 0.25) is 0 Å². The van der Waals surface area contributed by atoms with Crippen molar-refractivity contribution in [1.29, 1.82) is 0 Å². The molecular formula is C18H22FN3O3. The molecule has 0 radical (unpaired) electrons. The van der Waals surface area contributed by atoms with Gasteiger partial charge in [-0.15, -0.1) is 0 Å². The molecule has 1 aromatic carbocycles. The Morgan fingerprint density at radius 3 is 2.72 bits per heavy atom. The van der Waals surface area contributed by atoms with Gasteiger partial charge < -0.3 is 10.1 Å². The molecule has 0 saturated heterocycles. The molecule has 1 N–H and O–H groups in total. The van der Waals surface area contributed by atoms with Gasteiger partial charge in [0.1, 0.15) is 11.6 Å². The largest absolute Gasteiger partial charge is 0.466 e. The Morgan fingerprint density at radius 1 is 1.32 bits per heavy atom. The van der Waals surface area contributed by atoms with Crippen molar-refractivity contribution in [3.05, 3.63) is 52.0 Å². The van der Waals surface area contributed by atoms with E-state index in [1.165, 1.54) is 16.7 Å². The quantitative estimate of drug-likeness (QED) is 0.616. The van der Waals surface area contributed by atoms with Crippen LogP contribution in [0.1, 0.15) is 31.3 Å². The number of carbonyl (C=O) groups is 1. The molecule has 0 aliphatic rings. The molecule has 0 spiro atoms. The Bertz CT molecular complexity index is 818. The second kappa shape index (κ2) is 8.41. The first-order valence-corrected chi connectivity index (χ1v) is 8.19. The van der Waals surface area contributed by atoms with Gasteiger partial charge in [-0.2, -0.15) is 0 Å². The first-order valence-electron chi connectivity index (χ1n) is 8.19. The van der Waals surface area contributed by atoms with Crippen LogP contribution in [-0.2, 0) is 9.53 Å². The number of nitrogens with zero attached hydrogens (tertiary/aromatic N) is 2. The van der Waals surface area contributed by atoms with Gasteiger partial charge in [-0.05, 0) is 39.3 Å². The molecule has 134 valence electrons. The van der Waals surface area contributed by atoms with Gasteiger partial charge in [0, 0.05) is 30.8 Å². The van der Waals surface area contributed by atoms with Crippen LogP contribution in [0.4, 0.5) is 10.1 Å². The van der Waals surface area contributed by atoms with E-state index >= 15 is 0 Å². The smallest absolute Gasteiger partial charge is 0.305 e. The van der Waals surface area contributed by atoms with E-state index in [0.717, 1.165) is 0 Å². The first-order chi connectivity index (χ1) is 11.9. The molecule has 0 fully saturated rings. The van der Waals surface area contributed by atoms with Crippen molar-refractivity contribution in [1.82, 2.24) is 9.55 Å². The molecule has 0 atom stereocenters. The van der Waals surface area contributed by atoms with Crippen LogP contribution in [0.25, 0.3) is 5.69 Å². The normalized spacial score (nSPS) is 10.6. The lowest BCUT2D eigenvalue weighted by Gasteiger charge is -2.12. The second-order valence-electron chi connectivity index (χ2n) is 5.62. The summed E-state index contributed by atoms with van der Waals surface area (Å²) in [7, 11) is 0. The lowest BCUT2D eigenvalue weighted by molar-refractivity contribution is -0.143. The van der Waals surface area contributed by atoms with Gasteiger partial charge in [-0.1, -0.05) is 0 Å². The number of aryl methyl sites for hydroxylation is 2. The lowest BCUT2D eigenvalue weighted by Crippen LogP contribution is -2.22. The van der Waals surface area contributed by atoms with E-state index in [9.17, 15) is 14.0 Å². The molecule has 0 saturated carbocycles. The van der Waals surface area contributed by atoms with Crippen LogP contribution in [0.5, 0.6) is 0 Å². The van der Waals surface area contributed by atoms with Crippen molar-refractivity contribution in [3.8, 4) is 5.69 Å². The minimum absolute atomic E-state index is 0.250. The number of anilines is 1. The number of rotatable bonds is 7. The Morgan fingerprint density at radius 2 is 2.08 bits per heavy atom. The fraction of sp³-hybridized carbons (Fsp3) is 0.389. The van der Waals surface area contributed by atoms with E-state index < -0.39 is 5.82 Å². The summed E-state index contributed by atoms with van der Waals surface area (Å²) >= 11 is 0. The van der Waals surface area contributed by atoms with Gasteiger partial charge in [0.15, 0.2) is 0 Å². The van der Waals surface area contributed by atoms with Crippen LogP contribution in [0.15, 0.2) is 29.1 Å². The summed E-state index contributed by atoms with van der Waals surface area (Å²) in [4.78, 5) is 27.6. The maximum absolute atomic E-state index is 14.3. The number of halogens is 1. The number of carbonyl (C=O) groups excluding carboxylic acids is 1. The number of aromatic nitrogens is 2. The van der Waals surface area contributed by atoms with Crippen molar-refractivity contribution in [2.24, 2.45) is 0 Å². The Balaban J connectivity index is 2.06. The number of benzene rings is 1. The van der Waals surface area contributed by atoms with Crippen molar-refractivity contribution < 1.29 is 13.9 Å². The molecule has 0 unspecified atom stereocenters.